The maximum absolute atomic E-state index is 13.9. The Morgan fingerprint density at radius 3 is 2.52 bits per heavy atom. The van der Waals surface area contributed by atoms with E-state index in [1.165, 1.54) is 6.07 Å². The third kappa shape index (κ3) is 3.23. The van der Waals surface area contributed by atoms with E-state index in [0.29, 0.717) is 5.39 Å². The standard InChI is InChI=1S/C19H21F3N2O/c1-4-12-8-9-14-13(10-12)6-5-7-15(14)16(19(20,21)22)24-11-18(2,3)17(25)23-24/h5-10,16H,4,11H2,1-3H3,(H,23,25)/t16-/m0/s1. The van der Waals surface area contributed by atoms with Crippen LogP contribution < -0.4 is 5.43 Å². The number of benzene rings is 2. The molecule has 2 aromatic rings. The van der Waals surface area contributed by atoms with Crippen LogP contribution in [0.4, 0.5) is 13.2 Å². The van der Waals surface area contributed by atoms with Crippen LogP contribution in [0.15, 0.2) is 36.4 Å². The van der Waals surface area contributed by atoms with E-state index in [2.05, 4.69) is 5.43 Å². The fraction of sp³-hybridized carbons (Fsp3) is 0.421. The predicted molar refractivity (Wildman–Crippen MR) is 90.8 cm³/mol. The molecule has 0 saturated carbocycles. The number of alkyl halides is 3. The molecule has 0 bridgehead atoms. The number of hydrogen-bond donors (Lipinski definition) is 1. The fourth-order valence-corrected chi connectivity index (χ4v) is 3.31. The molecule has 1 heterocycles. The first-order valence-electron chi connectivity index (χ1n) is 8.29. The first kappa shape index (κ1) is 17.7. The van der Waals surface area contributed by atoms with Gasteiger partial charge in [0.05, 0.1) is 5.41 Å². The summed E-state index contributed by atoms with van der Waals surface area (Å²) in [6, 6.07) is 8.57. The summed E-state index contributed by atoms with van der Waals surface area (Å²) >= 11 is 0. The zero-order chi connectivity index (χ0) is 18.4. The Hall–Kier alpha value is -2.08. The fourth-order valence-electron chi connectivity index (χ4n) is 3.31. The van der Waals surface area contributed by atoms with Gasteiger partial charge in [-0.2, -0.15) is 13.2 Å². The van der Waals surface area contributed by atoms with E-state index >= 15 is 0 Å². The molecular weight excluding hydrogens is 329 g/mol. The Morgan fingerprint density at radius 2 is 1.96 bits per heavy atom. The summed E-state index contributed by atoms with van der Waals surface area (Å²) in [6.07, 6.45) is -3.69. The first-order chi connectivity index (χ1) is 11.6. The van der Waals surface area contributed by atoms with E-state index in [-0.39, 0.29) is 12.1 Å². The lowest BCUT2D eigenvalue weighted by molar-refractivity contribution is -0.191. The van der Waals surface area contributed by atoms with Crippen LogP contribution in [0.25, 0.3) is 10.8 Å². The van der Waals surface area contributed by atoms with Crippen molar-refractivity contribution in [3.05, 3.63) is 47.5 Å². The van der Waals surface area contributed by atoms with Crippen LogP contribution in [0, 0.1) is 5.41 Å². The summed E-state index contributed by atoms with van der Waals surface area (Å²) in [6.45, 7) is 5.30. The van der Waals surface area contributed by atoms with Gasteiger partial charge in [-0.25, -0.2) is 5.01 Å². The molecule has 134 valence electrons. The number of rotatable bonds is 3. The molecule has 0 spiro atoms. The van der Waals surface area contributed by atoms with Gasteiger partial charge in [-0.3, -0.25) is 10.2 Å². The normalized spacial score (nSPS) is 19.2. The second-order valence-corrected chi connectivity index (χ2v) is 7.15. The van der Waals surface area contributed by atoms with Crippen molar-refractivity contribution < 1.29 is 18.0 Å². The monoisotopic (exact) mass is 350 g/mol. The number of aryl methyl sites for hydroxylation is 1. The van der Waals surface area contributed by atoms with E-state index in [4.69, 9.17) is 0 Å². The Morgan fingerprint density at radius 1 is 1.24 bits per heavy atom. The Labute approximate surface area is 144 Å². The molecule has 25 heavy (non-hydrogen) atoms. The molecule has 1 saturated heterocycles. The second-order valence-electron chi connectivity index (χ2n) is 7.15. The smallest absolute Gasteiger partial charge is 0.287 e. The van der Waals surface area contributed by atoms with Crippen LogP contribution in [0.3, 0.4) is 0 Å². The van der Waals surface area contributed by atoms with Crippen molar-refractivity contribution in [3.8, 4) is 0 Å². The van der Waals surface area contributed by atoms with Crippen molar-refractivity contribution in [3.63, 3.8) is 0 Å². The minimum absolute atomic E-state index is 0.000554. The highest BCUT2D eigenvalue weighted by atomic mass is 19.4. The van der Waals surface area contributed by atoms with Gasteiger partial charge < -0.3 is 0 Å². The first-order valence-corrected chi connectivity index (χ1v) is 8.29. The van der Waals surface area contributed by atoms with Crippen molar-refractivity contribution in [2.75, 3.05) is 6.54 Å². The van der Waals surface area contributed by atoms with Crippen LogP contribution in [-0.2, 0) is 11.2 Å². The topological polar surface area (TPSA) is 32.3 Å². The summed E-state index contributed by atoms with van der Waals surface area (Å²) in [5.74, 6) is -0.393. The van der Waals surface area contributed by atoms with Gasteiger partial charge in [0.25, 0.3) is 0 Å². The van der Waals surface area contributed by atoms with Gasteiger partial charge in [0.1, 0.15) is 0 Å². The number of amides is 1. The van der Waals surface area contributed by atoms with Crippen LogP contribution in [0.1, 0.15) is 37.9 Å². The van der Waals surface area contributed by atoms with Crippen LogP contribution in [-0.4, -0.2) is 23.6 Å². The number of hydrazine groups is 1. The number of nitrogens with one attached hydrogen (secondary N) is 1. The molecule has 0 unspecified atom stereocenters. The molecule has 1 amide bonds. The molecule has 1 N–H and O–H groups in total. The third-order valence-electron chi connectivity index (χ3n) is 4.73. The minimum Gasteiger partial charge on any atom is -0.287 e. The molecule has 1 fully saturated rings. The Bertz CT molecular complexity index is 814. The summed E-state index contributed by atoms with van der Waals surface area (Å²) in [5, 5.41) is 2.35. The Kier molecular flexibility index (Phi) is 4.27. The van der Waals surface area contributed by atoms with Crippen molar-refractivity contribution in [2.24, 2.45) is 5.41 Å². The van der Waals surface area contributed by atoms with E-state index in [1.807, 2.05) is 25.1 Å². The summed E-state index contributed by atoms with van der Waals surface area (Å²) in [5.41, 5.74) is 2.78. The van der Waals surface area contributed by atoms with Crippen molar-refractivity contribution in [2.45, 2.75) is 39.4 Å². The molecule has 0 aliphatic carbocycles. The molecule has 0 aromatic heterocycles. The number of carbonyl (C=O) groups is 1. The van der Waals surface area contributed by atoms with Gasteiger partial charge in [0, 0.05) is 6.54 Å². The van der Waals surface area contributed by atoms with Crippen LogP contribution in [0.5, 0.6) is 0 Å². The molecular formula is C19H21F3N2O. The van der Waals surface area contributed by atoms with Crippen LogP contribution >= 0.6 is 0 Å². The molecule has 6 heteroatoms. The lowest BCUT2D eigenvalue weighted by Gasteiger charge is -2.30. The molecule has 1 aliphatic rings. The van der Waals surface area contributed by atoms with E-state index in [9.17, 15) is 18.0 Å². The number of nitrogens with zero attached hydrogens (tertiary/aromatic N) is 1. The largest absolute Gasteiger partial charge is 0.409 e. The van der Waals surface area contributed by atoms with Crippen molar-refractivity contribution in [1.82, 2.24) is 10.4 Å². The number of carbonyl (C=O) groups excluding carboxylic acids is 1. The van der Waals surface area contributed by atoms with Gasteiger partial charge in [-0.15, -0.1) is 0 Å². The highest BCUT2D eigenvalue weighted by Gasteiger charge is 2.51. The highest BCUT2D eigenvalue weighted by molar-refractivity contribution is 5.87. The maximum Gasteiger partial charge on any atom is 0.409 e. The average molecular weight is 350 g/mol. The van der Waals surface area contributed by atoms with Gasteiger partial charge in [-0.1, -0.05) is 43.3 Å². The van der Waals surface area contributed by atoms with Gasteiger partial charge >= 0.3 is 6.18 Å². The SMILES string of the molecule is CCc1ccc2c([C@H](N3CC(C)(C)C(=O)N3)C(F)(F)F)cccc2c1. The zero-order valence-corrected chi connectivity index (χ0v) is 14.4. The predicted octanol–water partition coefficient (Wildman–Crippen LogP) is 4.38. The average Bonchev–Trinajstić information content (AvgIpc) is 2.78. The number of hydrogen-bond acceptors (Lipinski definition) is 2. The lowest BCUT2D eigenvalue weighted by atomic mass is 9.92. The van der Waals surface area contributed by atoms with Crippen molar-refractivity contribution >= 4 is 16.7 Å². The second kappa shape index (κ2) is 6.02. The Balaban J connectivity index is 2.12. The minimum atomic E-state index is -4.51. The quantitative estimate of drug-likeness (QED) is 0.891. The van der Waals surface area contributed by atoms with E-state index < -0.39 is 23.5 Å². The number of fused-ring (bicyclic) bond motifs is 1. The molecule has 2 aromatic carbocycles. The molecule has 1 aliphatic heterocycles. The van der Waals surface area contributed by atoms with Gasteiger partial charge in [-0.05, 0) is 42.2 Å². The maximum atomic E-state index is 13.9. The molecule has 3 rings (SSSR count). The molecule has 0 radical (unpaired) electrons. The zero-order valence-electron chi connectivity index (χ0n) is 14.4. The summed E-state index contributed by atoms with van der Waals surface area (Å²) < 4.78 is 41.8. The van der Waals surface area contributed by atoms with Gasteiger partial charge in [0.15, 0.2) is 6.04 Å². The number of halogens is 3. The van der Waals surface area contributed by atoms with Crippen molar-refractivity contribution in [1.29, 1.82) is 0 Å². The summed E-state index contributed by atoms with van der Waals surface area (Å²) in [7, 11) is 0. The third-order valence-corrected chi connectivity index (χ3v) is 4.73. The lowest BCUT2D eigenvalue weighted by Crippen LogP contribution is -2.43. The molecule has 1 atom stereocenters. The van der Waals surface area contributed by atoms with E-state index in [1.54, 1.807) is 26.0 Å². The van der Waals surface area contributed by atoms with Gasteiger partial charge in [0.2, 0.25) is 5.91 Å². The molecule has 3 nitrogen and oxygen atoms in total. The van der Waals surface area contributed by atoms with E-state index in [0.717, 1.165) is 22.4 Å². The van der Waals surface area contributed by atoms with Crippen LogP contribution in [0.2, 0.25) is 0 Å². The summed E-state index contributed by atoms with van der Waals surface area (Å²) in [4.78, 5) is 12.0. The highest BCUT2D eigenvalue weighted by Crippen LogP contribution is 2.42.